The number of nitrogens with zero attached hydrogens (tertiary/aromatic N) is 3. The molecule has 6 nitrogen and oxygen atoms in total. The summed E-state index contributed by atoms with van der Waals surface area (Å²) >= 11 is 0. The zero-order chi connectivity index (χ0) is 17.8. The molecule has 1 heterocycles. The van der Waals surface area contributed by atoms with Gasteiger partial charge in [0.15, 0.2) is 12.4 Å². The number of rotatable bonds is 5. The number of aromatic nitrogens is 2. The molecule has 2 N–H and O–H groups in total. The van der Waals surface area contributed by atoms with Crippen LogP contribution in [0, 0.1) is 19.7 Å². The molecule has 128 valence electrons. The molecule has 0 spiro atoms. The minimum absolute atomic E-state index is 0.0338. The predicted molar refractivity (Wildman–Crippen MR) is 91.1 cm³/mol. The Bertz CT molecular complexity index is 904. The molecule has 0 radical (unpaired) electrons. The van der Waals surface area contributed by atoms with Gasteiger partial charge in [-0.05, 0) is 37.6 Å². The van der Waals surface area contributed by atoms with Gasteiger partial charge in [-0.1, -0.05) is 35.0 Å². The summed E-state index contributed by atoms with van der Waals surface area (Å²) in [7, 11) is 0. The van der Waals surface area contributed by atoms with Crippen molar-refractivity contribution in [3.8, 4) is 11.5 Å². The Balaban J connectivity index is 1.63. The third-order valence-corrected chi connectivity index (χ3v) is 3.58. The molecule has 2 aromatic carbocycles. The third kappa shape index (κ3) is 4.00. The van der Waals surface area contributed by atoms with Crippen LogP contribution >= 0.6 is 0 Å². The Kier molecular flexibility index (Phi) is 4.74. The average molecular weight is 340 g/mol. The lowest BCUT2D eigenvalue weighted by Gasteiger charge is -2.02. The normalized spacial score (nSPS) is 11.6. The third-order valence-electron chi connectivity index (χ3n) is 3.58. The first-order valence-corrected chi connectivity index (χ1v) is 7.64. The Labute approximate surface area is 144 Å². The highest BCUT2D eigenvalue weighted by Crippen LogP contribution is 2.18. The molecule has 0 fully saturated rings. The lowest BCUT2D eigenvalue weighted by Crippen LogP contribution is -2.14. The summed E-state index contributed by atoms with van der Waals surface area (Å²) in [5, 5.41) is 11.6. The van der Waals surface area contributed by atoms with E-state index < -0.39 is 0 Å². The van der Waals surface area contributed by atoms with E-state index >= 15 is 0 Å². The molecule has 0 atom stereocenters. The zero-order valence-corrected chi connectivity index (χ0v) is 13.9. The monoisotopic (exact) mass is 340 g/mol. The fourth-order valence-electron chi connectivity index (χ4n) is 2.09. The number of oxime groups is 1. The van der Waals surface area contributed by atoms with E-state index in [1.807, 2.05) is 31.2 Å². The molecule has 25 heavy (non-hydrogen) atoms. The molecular formula is C18H17FN4O2. The first kappa shape index (κ1) is 16.6. The van der Waals surface area contributed by atoms with E-state index in [2.05, 4.69) is 15.4 Å². The van der Waals surface area contributed by atoms with Crippen molar-refractivity contribution in [2.24, 2.45) is 10.9 Å². The molecule has 0 saturated heterocycles. The zero-order valence-electron chi connectivity index (χ0n) is 13.9. The summed E-state index contributed by atoms with van der Waals surface area (Å²) < 4.78 is 19.0. The molecule has 3 rings (SSSR count). The van der Waals surface area contributed by atoms with E-state index in [4.69, 9.17) is 15.0 Å². The molecule has 0 unspecified atom stereocenters. The van der Waals surface area contributed by atoms with Crippen LogP contribution in [0.2, 0.25) is 0 Å². The molecule has 0 amide bonds. The maximum Gasteiger partial charge on any atom is 0.257 e. The van der Waals surface area contributed by atoms with Gasteiger partial charge < -0.3 is 15.0 Å². The average Bonchev–Trinajstić information content (AvgIpc) is 3.06. The Morgan fingerprint density at radius 3 is 2.64 bits per heavy atom. The number of hydrogen-bond acceptors (Lipinski definition) is 5. The van der Waals surface area contributed by atoms with Gasteiger partial charge >= 0.3 is 0 Å². The molecule has 0 aliphatic rings. The largest absolute Gasteiger partial charge is 0.417 e. The fourth-order valence-corrected chi connectivity index (χ4v) is 2.09. The van der Waals surface area contributed by atoms with Gasteiger partial charge in [0, 0.05) is 11.1 Å². The van der Waals surface area contributed by atoms with Gasteiger partial charge in [0.25, 0.3) is 5.89 Å². The van der Waals surface area contributed by atoms with Gasteiger partial charge in [0.2, 0.25) is 5.89 Å². The van der Waals surface area contributed by atoms with E-state index in [1.165, 1.54) is 6.07 Å². The summed E-state index contributed by atoms with van der Waals surface area (Å²) in [6.45, 7) is 3.64. The number of amidine groups is 1. The van der Waals surface area contributed by atoms with Crippen LogP contribution in [-0.2, 0) is 11.4 Å². The summed E-state index contributed by atoms with van der Waals surface area (Å²) in [5.41, 5.74) is 8.72. The molecular weight excluding hydrogens is 323 g/mol. The Hall–Kier alpha value is -3.22. The first-order chi connectivity index (χ1) is 12.0. The van der Waals surface area contributed by atoms with Crippen molar-refractivity contribution in [1.82, 2.24) is 10.2 Å². The van der Waals surface area contributed by atoms with Gasteiger partial charge in [-0.2, -0.15) is 0 Å². The molecule has 7 heteroatoms. The maximum absolute atomic E-state index is 13.5. The highest BCUT2D eigenvalue weighted by atomic mass is 19.1. The van der Waals surface area contributed by atoms with Crippen LogP contribution in [0.15, 0.2) is 52.0 Å². The van der Waals surface area contributed by atoms with Crippen LogP contribution in [0.3, 0.4) is 0 Å². The van der Waals surface area contributed by atoms with Gasteiger partial charge in [0.05, 0.1) is 0 Å². The topological polar surface area (TPSA) is 86.5 Å². The summed E-state index contributed by atoms with van der Waals surface area (Å²) in [6.07, 6.45) is 0. The Morgan fingerprint density at radius 2 is 1.92 bits per heavy atom. The minimum atomic E-state index is -0.352. The van der Waals surface area contributed by atoms with Crippen molar-refractivity contribution in [3.05, 3.63) is 70.9 Å². The van der Waals surface area contributed by atoms with Crippen LogP contribution in [-0.4, -0.2) is 16.0 Å². The van der Waals surface area contributed by atoms with E-state index in [0.29, 0.717) is 17.0 Å². The van der Waals surface area contributed by atoms with Gasteiger partial charge in [-0.15, -0.1) is 10.2 Å². The second-order valence-corrected chi connectivity index (χ2v) is 5.58. The van der Waals surface area contributed by atoms with Crippen molar-refractivity contribution < 1.29 is 13.6 Å². The van der Waals surface area contributed by atoms with Crippen molar-refractivity contribution in [2.75, 3.05) is 0 Å². The molecule has 0 aliphatic carbocycles. The van der Waals surface area contributed by atoms with Crippen LogP contribution in [0.25, 0.3) is 11.5 Å². The quantitative estimate of drug-likeness (QED) is 0.437. The highest BCUT2D eigenvalue weighted by Gasteiger charge is 2.09. The molecule has 0 saturated carbocycles. The SMILES string of the molecule is Cc1ccc(-c2nnc(CO/N=C(/N)c3ccc(C)c(F)c3)o2)cc1. The molecule has 3 aromatic rings. The number of nitrogens with two attached hydrogens (primary N) is 1. The van der Waals surface area contributed by atoms with Crippen molar-refractivity contribution in [2.45, 2.75) is 20.5 Å². The van der Waals surface area contributed by atoms with Gasteiger partial charge in [-0.25, -0.2) is 4.39 Å². The Morgan fingerprint density at radius 1 is 1.16 bits per heavy atom. The van der Waals surface area contributed by atoms with Crippen LogP contribution in [0.4, 0.5) is 4.39 Å². The van der Waals surface area contributed by atoms with Gasteiger partial charge in [-0.3, -0.25) is 0 Å². The minimum Gasteiger partial charge on any atom is -0.417 e. The summed E-state index contributed by atoms with van der Waals surface area (Å²) in [4.78, 5) is 5.12. The highest BCUT2D eigenvalue weighted by molar-refractivity contribution is 5.97. The van der Waals surface area contributed by atoms with E-state index in [9.17, 15) is 4.39 Å². The number of halogens is 1. The smallest absolute Gasteiger partial charge is 0.257 e. The van der Waals surface area contributed by atoms with E-state index in [1.54, 1.807) is 19.1 Å². The standard InChI is InChI=1S/C18H17FN4O2/c1-11-3-6-13(7-4-11)18-22-21-16(25-18)10-24-23-17(20)14-8-5-12(2)15(19)9-14/h3-9H,10H2,1-2H3,(H2,20,23). The second-order valence-electron chi connectivity index (χ2n) is 5.58. The lowest BCUT2D eigenvalue weighted by molar-refractivity contribution is 0.111. The summed E-state index contributed by atoms with van der Waals surface area (Å²) in [5.74, 6) is 0.380. The number of aryl methyl sites for hydroxylation is 2. The van der Waals surface area contributed by atoms with Crippen molar-refractivity contribution >= 4 is 5.84 Å². The number of hydrogen-bond donors (Lipinski definition) is 1. The van der Waals surface area contributed by atoms with E-state index in [-0.39, 0.29) is 24.2 Å². The van der Waals surface area contributed by atoms with Gasteiger partial charge in [0.1, 0.15) is 5.82 Å². The number of benzene rings is 2. The first-order valence-electron chi connectivity index (χ1n) is 7.64. The maximum atomic E-state index is 13.5. The van der Waals surface area contributed by atoms with Crippen LogP contribution < -0.4 is 5.73 Å². The summed E-state index contributed by atoms with van der Waals surface area (Å²) in [6, 6.07) is 12.3. The van der Waals surface area contributed by atoms with E-state index in [0.717, 1.165) is 11.1 Å². The van der Waals surface area contributed by atoms with Crippen LogP contribution in [0.1, 0.15) is 22.6 Å². The molecule has 0 bridgehead atoms. The van der Waals surface area contributed by atoms with Crippen molar-refractivity contribution in [3.63, 3.8) is 0 Å². The van der Waals surface area contributed by atoms with Crippen molar-refractivity contribution in [1.29, 1.82) is 0 Å². The molecule has 0 aliphatic heterocycles. The second kappa shape index (κ2) is 7.12. The molecule has 1 aromatic heterocycles. The predicted octanol–water partition coefficient (Wildman–Crippen LogP) is 3.33. The lowest BCUT2D eigenvalue weighted by atomic mass is 10.1. The van der Waals surface area contributed by atoms with Crippen LogP contribution in [0.5, 0.6) is 0 Å². The fraction of sp³-hybridized carbons (Fsp3) is 0.167.